The van der Waals surface area contributed by atoms with Crippen molar-refractivity contribution in [2.45, 2.75) is 63.1 Å². The molecule has 12 heteroatoms. The lowest BCUT2D eigenvalue weighted by atomic mass is 10.0. The van der Waals surface area contributed by atoms with Crippen molar-refractivity contribution in [1.82, 2.24) is 19.4 Å². The molecule has 2 aliphatic rings. The Hall–Kier alpha value is -3.51. The minimum Gasteiger partial charge on any atom is -0.465 e. The van der Waals surface area contributed by atoms with E-state index in [1.807, 2.05) is 6.92 Å². The molecule has 10 nitrogen and oxygen atoms in total. The molecule has 2 aromatic rings. The molecule has 222 valence electrons. The molecule has 41 heavy (non-hydrogen) atoms. The summed E-state index contributed by atoms with van der Waals surface area (Å²) in [7, 11) is -3.89. The van der Waals surface area contributed by atoms with Crippen molar-refractivity contribution in [2.24, 2.45) is 0 Å². The third kappa shape index (κ3) is 8.04. The lowest BCUT2D eigenvalue weighted by molar-refractivity contribution is -0.142. The number of carbonyl (C=O) groups is 3. The maximum atomic E-state index is 13.8. The van der Waals surface area contributed by atoms with Gasteiger partial charge in [0.15, 0.2) is 0 Å². The molecule has 0 bridgehead atoms. The Morgan fingerprint density at radius 2 is 1.61 bits per heavy atom. The summed E-state index contributed by atoms with van der Waals surface area (Å²) in [6.45, 7) is 4.13. The fourth-order valence-corrected chi connectivity index (χ4v) is 6.54. The predicted molar refractivity (Wildman–Crippen MR) is 150 cm³/mol. The number of sulfonamides is 1. The summed E-state index contributed by atoms with van der Waals surface area (Å²) in [6, 6.07) is 11.6. The minimum atomic E-state index is -3.89. The number of benzene rings is 2. The average molecular weight is 589 g/mol. The Kier molecular flexibility index (Phi) is 9.98. The predicted octanol–water partition coefficient (Wildman–Crippen LogP) is 3.05. The van der Waals surface area contributed by atoms with Gasteiger partial charge in [-0.1, -0.05) is 29.8 Å². The van der Waals surface area contributed by atoms with Crippen molar-refractivity contribution in [3.05, 3.63) is 65.5 Å². The monoisotopic (exact) mass is 588 g/mol. The van der Waals surface area contributed by atoms with Crippen LogP contribution in [0.1, 0.15) is 43.7 Å². The van der Waals surface area contributed by atoms with E-state index in [9.17, 15) is 27.2 Å². The van der Waals surface area contributed by atoms with E-state index in [1.165, 1.54) is 16.4 Å². The van der Waals surface area contributed by atoms with Crippen molar-refractivity contribution in [1.29, 1.82) is 0 Å². The number of rotatable bonds is 11. The first-order valence-corrected chi connectivity index (χ1v) is 15.3. The lowest BCUT2D eigenvalue weighted by Crippen LogP contribution is -2.53. The number of nitrogens with one attached hydrogen (secondary N) is 1. The number of hydrogen-bond acceptors (Lipinski definition) is 6. The molecular weight excluding hydrogens is 551 g/mol. The quantitative estimate of drug-likeness (QED) is 0.404. The number of piperidine rings is 1. The van der Waals surface area contributed by atoms with Gasteiger partial charge in [0.1, 0.15) is 12.4 Å². The molecule has 1 heterocycles. The molecule has 0 aromatic heterocycles. The number of amides is 3. The number of aryl methyl sites for hydroxylation is 1. The van der Waals surface area contributed by atoms with Crippen LogP contribution in [0.15, 0.2) is 53.4 Å². The van der Waals surface area contributed by atoms with E-state index < -0.39 is 27.8 Å². The summed E-state index contributed by atoms with van der Waals surface area (Å²) in [4.78, 5) is 41.4. The molecular formula is C29H37FN4O6S. The van der Waals surface area contributed by atoms with Gasteiger partial charge in [0.05, 0.1) is 18.0 Å². The van der Waals surface area contributed by atoms with Crippen LogP contribution in [0.25, 0.3) is 0 Å². The number of halogens is 1. The molecule has 1 aliphatic carbocycles. The van der Waals surface area contributed by atoms with Crippen LogP contribution in [0, 0.1) is 12.7 Å². The third-order valence-electron chi connectivity index (χ3n) is 7.34. The van der Waals surface area contributed by atoms with E-state index in [0.29, 0.717) is 44.3 Å². The Balaban J connectivity index is 1.48. The van der Waals surface area contributed by atoms with Gasteiger partial charge >= 0.3 is 12.0 Å². The smallest absolute Gasteiger partial charge is 0.325 e. The summed E-state index contributed by atoms with van der Waals surface area (Å²) in [5.41, 5.74) is 1.65. The summed E-state index contributed by atoms with van der Waals surface area (Å²) in [5, 5.41) is 2.55. The molecule has 4 rings (SSSR count). The van der Waals surface area contributed by atoms with Gasteiger partial charge in [0, 0.05) is 31.7 Å². The second-order valence-corrected chi connectivity index (χ2v) is 12.3. The normalized spacial score (nSPS) is 16.0. The molecule has 3 amide bonds. The molecule has 1 N–H and O–H groups in total. The number of hydrogen-bond donors (Lipinski definition) is 1. The van der Waals surface area contributed by atoms with Crippen molar-refractivity contribution < 1.29 is 31.9 Å². The standard InChI is InChI=1S/C29H37FN4O6S/c1-3-40-28(36)18-31-29(37)32-16-14-24(15-17-32)33(19-22-6-8-23(30)9-7-22)27(35)20-34(25-10-11-25)41(38,39)26-12-4-21(2)5-13-26/h4-9,12-13,24-25H,3,10-11,14-20H2,1-2H3,(H,31,37). The van der Waals surface area contributed by atoms with Crippen LogP contribution < -0.4 is 5.32 Å². The number of ether oxygens (including phenoxy) is 1. The van der Waals surface area contributed by atoms with Crippen molar-refractivity contribution in [3.63, 3.8) is 0 Å². The molecule has 0 atom stereocenters. The molecule has 1 aliphatic heterocycles. The van der Waals surface area contributed by atoms with Crippen LogP contribution in [0.2, 0.25) is 0 Å². The van der Waals surface area contributed by atoms with E-state index in [-0.39, 0.29) is 49.1 Å². The summed E-state index contributed by atoms with van der Waals surface area (Å²) >= 11 is 0. The highest BCUT2D eigenvalue weighted by atomic mass is 32.2. The van der Waals surface area contributed by atoms with Gasteiger partial charge in [-0.3, -0.25) is 9.59 Å². The summed E-state index contributed by atoms with van der Waals surface area (Å²) < 4.78 is 46.8. The molecule has 2 fully saturated rings. The van der Waals surface area contributed by atoms with Gasteiger partial charge in [0.2, 0.25) is 15.9 Å². The third-order valence-corrected chi connectivity index (χ3v) is 9.25. The first-order valence-electron chi connectivity index (χ1n) is 13.9. The van der Waals surface area contributed by atoms with Gasteiger partial charge in [0.25, 0.3) is 0 Å². The second kappa shape index (κ2) is 13.4. The van der Waals surface area contributed by atoms with Crippen LogP contribution in [0.4, 0.5) is 9.18 Å². The van der Waals surface area contributed by atoms with Crippen LogP contribution in [0.5, 0.6) is 0 Å². The Labute approximate surface area is 240 Å². The first-order chi connectivity index (χ1) is 19.6. The van der Waals surface area contributed by atoms with E-state index in [2.05, 4.69) is 5.32 Å². The van der Waals surface area contributed by atoms with Crippen molar-refractivity contribution >= 4 is 27.9 Å². The van der Waals surface area contributed by atoms with Gasteiger partial charge in [-0.05, 0) is 69.4 Å². The SMILES string of the molecule is CCOC(=O)CNC(=O)N1CCC(N(Cc2ccc(F)cc2)C(=O)CN(C2CC2)S(=O)(=O)c2ccc(C)cc2)CC1. The Morgan fingerprint density at radius 1 is 0.976 bits per heavy atom. The average Bonchev–Trinajstić information content (AvgIpc) is 3.80. The minimum absolute atomic E-state index is 0.148. The number of esters is 1. The fourth-order valence-electron chi connectivity index (χ4n) is 4.90. The number of urea groups is 1. The van der Waals surface area contributed by atoms with Crippen LogP contribution >= 0.6 is 0 Å². The highest BCUT2D eigenvalue weighted by molar-refractivity contribution is 7.89. The fraction of sp³-hybridized carbons (Fsp3) is 0.483. The molecule has 0 radical (unpaired) electrons. The molecule has 2 aromatic carbocycles. The van der Waals surface area contributed by atoms with Gasteiger partial charge < -0.3 is 19.9 Å². The zero-order valence-corrected chi connectivity index (χ0v) is 24.2. The molecule has 1 saturated heterocycles. The zero-order chi connectivity index (χ0) is 29.6. The summed E-state index contributed by atoms with van der Waals surface area (Å²) in [5.74, 6) is -1.26. The van der Waals surface area contributed by atoms with E-state index in [0.717, 1.165) is 5.56 Å². The Morgan fingerprint density at radius 3 is 2.20 bits per heavy atom. The van der Waals surface area contributed by atoms with Crippen LogP contribution in [0.3, 0.4) is 0 Å². The van der Waals surface area contributed by atoms with E-state index in [4.69, 9.17) is 4.74 Å². The van der Waals surface area contributed by atoms with Gasteiger partial charge in [-0.15, -0.1) is 0 Å². The summed E-state index contributed by atoms with van der Waals surface area (Å²) in [6.07, 6.45) is 2.31. The Bertz CT molecular complexity index is 1320. The molecule has 0 spiro atoms. The van der Waals surface area contributed by atoms with Gasteiger partial charge in [-0.2, -0.15) is 4.31 Å². The second-order valence-electron chi connectivity index (χ2n) is 10.4. The van der Waals surface area contributed by atoms with Crippen molar-refractivity contribution in [2.75, 3.05) is 32.8 Å². The van der Waals surface area contributed by atoms with Gasteiger partial charge in [-0.25, -0.2) is 17.6 Å². The van der Waals surface area contributed by atoms with E-state index in [1.54, 1.807) is 53.1 Å². The number of likely N-dealkylation sites (tertiary alicyclic amines) is 1. The topological polar surface area (TPSA) is 116 Å². The number of nitrogens with zero attached hydrogens (tertiary/aromatic N) is 3. The number of carbonyl (C=O) groups excluding carboxylic acids is 3. The maximum absolute atomic E-state index is 13.8. The molecule has 1 saturated carbocycles. The maximum Gasteiger partial charge on any atom is 0.325 e. The van der Waals surface area contributed by atoms with Crippen LogP contribution in [-0.2, 0) is 30.9 Å². The highest BCUT2D eigenvalue weighted by Gasteiger charge is 2.41. The van der Waals surface area contributed by atoms with Crippen LogP contribution in [-0.4, -0.2) is 85.3 Å². The van der Waals surface area contributed by atoms with E-state index >= 15 is 0 Å². The first kappa shape index (κ1) is 30.4. The molecule has 0 unspecified atom stereocenters. The lowest BCUT2D eigenvalue weighted by Gasteiger charge is -2.39. The highest BCUT2D eigenvalue weighted by Crippen LogP contribution is 2.32. The zero-order valence-electron chi connectivity index (χ0n) is 23.4. The van der Waals surface area contributed by atoms with Crippen molar-refractivity contribution in [3.8, 4) is 0 Å². The largest absolute Gasteiger partial charge is 0.465 e.